The van der Waals surface area contributed by atoms with Gasteiger partial charge in [-0.3, -0.25) is 0 Å². The van der Waals surface area contributed by atoms with E-state index in [-0.39, 0.29) is 18.1 Å². The standard InChI is InChI=1S/C26H35N7O3/c1-17-15-31(25(34)36-26(2,3)4)10-11-32(17)23-21-22(18-8-12-35-13-9-18)30-33(24(21)29-16-28-23)20-7-5-6-19(27)14-20/h5-7,14,16-18H,8-13,15,27H2,1-4H3/t17-/m0/s1. The van der Waals surface area contributed by atoms with E-state index in [2.05, 4.69) is 16.8 Å². The number of amides is 1. The number of hydrogen-bond donors (Lipinski definition) is 1. The largest absolute Gasteiger partial charge is 0.444 e. The normalized spacial score (nSPS) is 19.6. The molecular weight excluding hydrogens is 458 g/mol. The van der Waals surface area contributed by atoms with Crippen LogP contribution in [0, 0.1) is 0 Å². The van der Waals surface area contributed by atoms with Crippen LogP contribution in [0.15, 0.2) is 30.6 Å². The van der Waals surface area contributed by atoms with Crippen LogP contribution in [0.5, 0.6) is 0 Å². The number of rotatable bonds is 3. The van der Waals surface area contributed by atoms with E-state index >= 15 is 0 Å². The van der Waals surface area contributed by atoms with Gasteiger partial charge in [0.2, 0.25) is 0 Å². The second-order valence-electron chi connectivity index (χ2n) is 10.6. The van der Waals surface area contributed by atoms with Gasteiger partial charge in [-0.1, -0.05) is 6.07 Å². The van der Waals surface area contributed by atoms with Gasteiger partial charge in [0.1, 0.15) is 17.7 Å². The Morgan fingerprint density at radius 1 is 1.17 bits per heavy atom. The van der Waals surface area contributed by atoms with E-state index in [1.807, 2.05) is 49.7 Å². The molecule has 36 heavy (non-hydrogen) atoms. The van der Waals surface area contributed by atoms with Crippen molar-refractivity contribution in [2.75, 3.05) is 43.5 Å². The van der Waals surface area contributed by atoms with E-state index in [1.165, 1.54) is 0 Å². The molecule has 0 spiro atoms. The van der Waals surface area contributed by atoms with Gasteiger partial charge in [0.15, 0.2) is 5.65 Å². The summed E-state index contributed by atoms with van der Waals surface area (Å²) in [5, 5.41) is 6.04. The molecule has 2 aromatic heterocycles. The molecule has 0 aliphatic carbocycles. The monoisotopic (exact) mass is 493 g/mol. The van der Waals surface area contributed by atoms with Crippen LogP contribution in [-0.4, -0.2) is 75.2 Å². The van der Waals surface area contributed by atoms with Gasteiger partial charge in [-0.15, -0.1) is 0 Å². The number of carbonyl (C=O) groups is 1. The fourth-order valence-electron chi connectivity index (χ4n) is 5.04. The van der Waals surface area contributed by atoms with E-state index in [0.29, 0.717) is 38.5 Å². The predicted octanol–water partition coefficient (Wildman–Crippen LogP) is 3.74. The third kappa shape index (κ3) is 4.82. The lowest BCUT2D eigenvalue weighted by Crippen LogP contribution is -2.54. The Bertz CT molecular complexity index is 1250. The average molecular weight is 494 g/mol. The van der Waals surface area contributed by atoms with Crippen molar-refractivity contribution in [3.63, 3.8) is 0 Å². The van der Waals surface area contributed by atoms with Crippen molar-refractivity contribution in [2.45, 2.75) is 58.1 Å². The van der Waals surface area contributed by atoms with Crippen LogP contribution < -0.4 is 10.6 Å². The van der Waals surface area contributed by atoms with E-state index in [4.69, 9.17) is 25.3 Å². The number of nitrogens with zero attached hydrogens (tertiary/aromatic N) is 6. The number of benzene rings is 1. The highest BCUT2D eigenvalue weighted by molar-refractivity contribution is 5.91. The van der Waals surface area contributed by atoms with Crippen LogP contribution in [0.1, 0.15) is 52.1 Å². The van der Waals surface area contributed by atoms with E-state index in [0.717, 1.165) is 41.1 Å². The lowest BCUT2D eigenvalue weighted by atomic mass is 9.94. The zero-order valence-corrected chi connectivity index (χ0v) is 21.5. The summed E-state index contributed by atoms with van der Waals surface area (Å²) in [7, 11) is 0. The molecule has 10 nitrogen and oxygen atoms in total. The highest BCUT2D eigenvalue weighted by Gasteiger charge is 2.34. The summed E-state index contributed by atoms with van der Waals surface area (Å²) in [4.78, 5) is 26.2. The van der Waals surface area contributed by atoms with Crippen LogP contribution in [0.2, 0.25) is 0 Å². The van der Waals surface area contributed by atoms with Crippen LogP contribution in [0.4, 0.5) is 16.3 Å². The number of carbonyl (C=O) groups excluding carboxylic acids is 1. The minimum absolute atomic E-state index is 0.0441. The summed E-state index contributed by atoms with van der Waals surface area (Å²) >= 11 is 0. The molecule has 1 atom stereocenters. The molecule has 2 aliphatic heterocycles. The SMILES string of the molecule is C[C@H]1CN(C(=O)OC(C)(C)C)CCN1c1ncnc2c1c(C1CCOCC1)nn2-c1cccc(N)c1. The van der Waals surface area contributed by atoms with Crippen LogP contribution in [0.25, 0.3) is 16.7 Å². The van der Waals surface area contributed by atoms with Gasteiger partial charge in [0.05, 0.1) is 16.8 Å². The highest BCUT2D eigenvalue weighted by atomic mass is 16.6. The molecule has 0 radical (unpaired) electrons. The summed E-state index contributed by atoms with van der Waals surface area (Å²) in [5.41, 5.74) is 8.86. The van der Waals surface area contributed by atoms with Gasteiger partial charge < -0.3 is 25.0 Å². The zero-order chi connectivity index (χ0) is 25.4. The first-order chi connectivity index (χ1) is 17.2. The fraction of sp³-hybridized carbons (Fsp3) is 0.538. The first-order valence-electron chi connectivity index (χ1n) is 12.6. The Morgan fingerprint density at radius 2 is 1.94 bits per heavy atom. The number of ether oxygens (including phenoxy) is 2. The molecule has 10 heteroatoms. The smallest absolute Gasteiger partial charge is 0.410 e. The van der Waals surface area contributed by atoms with Crippen LogP contribution >= 0.6 is 0 Å². The van der Waals surface area contributed by atoms with Crippen LogP contribution in [0.3, 0.4) is 0 Å². The molecule has 2 N–H and O–H groups in total. The summed E-state index contributed by atoms with van der Waals surface area (Å²) < 4.78 is 13.1. The first kappa shape index (κ1) is 24.3. The molecule has 4 heterocycles. The van der Waals surface area contributed by atoms with E-state index < -0.39 is 5.60 Å². The number of piperazine rings is 1. The van der Waals surface area contributed by atoms with Crippen molar-refractivity contribution < 1.29 is 14.3 Å². The van der Waals surface area contributed by atoms with E-state index in [9.17, 15) is 4.79 Å². The number of hydrogen-bond acceptors (Lipinski definition) is 8. The van der Waals surface area contributed by atoms with Gasteiger partial charge in [-0.2, -0.15) is 5.10 Å². The van der Waals surface area contributed by atoms with Gasteiger partial charge >= 0.3 is 6.09 Å². The van der Waals surface area contributed by atoms with Crippen molar-refractivity contribution in [1.82, 2.24) is 24.6 Å². The highest BCUT2D eigenvalue weighted by Crippen LogP contribution is 2.37. The number of nitrogen functional groups attached to an aromatic ring is 1. The lowest BCUT2D eigenvalue weighted by molar-refractivity contribution is 0.0218. The topological polar surface area (TPSA) is 112 Å². The van der Waals surface area contributed by atoms with Gasteiger partial charge in [-0.25, -0.2) is 19.4 Å². The zero-order valence-electron chi connectivity index (χ0n) is 21.5. The molecule has 1 aromatic carbocycles. The predicted molar refractivity (Wildman–Crippen MR) is 138 cm³/mol. The minimum atomic E-state index is -0.524. The molecule has 2 fully saturated rings. The van der Waals surface area contributed by atoms with Crippen molar-refractivity contribution in [1.29, 1.82) is 0 Å². The Balaban J connectivity index is 1.54. The second-order valence-corrected chi connectivity index (χ2v) is 10.6. The molecule has 0 saturated carbocycles. The maximum Gasteiger partial charge on any atom is 0.410 e. The Morgan fingerprint density at radius 3 is 2.64 bits per heavy atom. The van der Waals surface area contributed by atoms with Crippen molar-refractivity contribution >= 4 is 28.6 Å². The summed E-state index contributed by atoms with van der Waals surface area (Å²) in [5.74, 6) is 1.11. The summed E-state index contributed by atoms with van der Waals surface area (Å²) in [6, 6.07) is 7.72. The molecule has 192 valence electrons. The molecule has 2 aliphatic rings. The molecular formula is C26H35N7O3. The first-order valence-corrected chi connectivity index (χ1v) is 12.6. The maximum atomic E-state index is 12.7. The minimum Gasteiger partial charge on any atom is -0.444 e. The van der Waals surface area contributed by atoms with Crippen LogP contribution in [-0.2, 0) is 9.47 Å². The third-order valence-electron chi connectivity index (χ3n) is 6.75. The Kier molecular flexibility index (Phi) is 6.46. The van der Waals surface area contributed by atoms with Crippen molar-refractivity contribution in [3.8, 4) is 5.69 Å². The lowest BCUT2D eigenvalue weighted by Gasteiger charge is -2.41. The number of aromatic nitrogens is 4. The van der Waals surface area contributed by atoms with Crippen molar-refractivity contribution in [3.05, 3.63) is 36.3 Å². The maximum absolute atomic E-state index is 12.7. The van der Waals surface area contributed by atoms with E-state index in [1.54, 1.807) is 11.2 Å². The fourth-order valence-corrected chi connectivity index (χ4v) is 5.04. The molecule has 3 aromatic rings. The summed E-state index contributed by atoms with van der Waals surface area (Å²) in [6.07, 6.45) is 3.13. The Labute approximate surface area is 211 Å². The molecule has 0 bridgehead atoms. The quantitative estimate of drug-likeness (QED) is 0.549. The van der Waals surface area contributed by atoms with Crippen molar-refractivity contribution in [2.24, 2.45) is 0 Å². The molecule has 2 saturated heterocycles. The number of nitrogens with two attached hydrogens (primary N) is 1. The van der Waals surface area contributed by atoms with Gasteiger partial charge in [-0.05, 0) is 58.7 Å². The molecule has 5 rings (SSSR count). The third-order valence-corrected chi connectivity index (χ3v) is 6.75. The Hall–Kier alpha value is -3.40. The average Bonchev–Trinajstić information content (AvgIpc) is 3.24. The van der Waals surface area contributed by atoms with Gasteiger partial charge in [0, 0.05) is 50.5 Å². The molecule has 1 amide bonds. The number of fused-ring (bicyclic) bond motifs is 1. The molecule has 0 unspecified atom stereocenters. The number of anilines is 2. The summed E-state index contributed by atoms with van der Waals surface area (Å²) in [6.45, 7) is 11.0. The second kappa shape index (κ2) is 9.57. The van der Waals surface area contributed by atoms with Gasteiger partial charge in [0.25, 0.3) is 0 Å².